The Morgan fingerprint density at radius 2 is 2.09 bits per heavy atom. The van der Waals surface area contributed by atoms with Crippen LogP contribution in [0.4, 0.5) is 5.69 Å². The van der Waals surface area contributed by atoms with Gasteiger partial charge in [0.1, 0.15) is 5.69 Å². The van der Waals surface area contributed by atoms with Crippen molar-refractivity contribution >= 4 is 17.6 Å². The molecule has 2 aromatic heterocycles. The number of carbonyl (C=O) groups is 2. The predicted octanol–water partition coefficient (Wildman–Crippen LogP) is 2.18. The number of nitrogens with one attached hydrogen (secondary N) is 1. The Morgan fingerprint density at radius 3 is 2.59 bits per heavy atom. The van der Waals surface area contributed by atoms with E-state index >= 15 is 0 Å². The molecule has 0 bridgehead atoms. The summed E-state index contributed by atoms with van der Waals surface area (Å²) in [6, 6.07) is 4.76. The number of carboxylic acids is 1. The fraction of sp³-hybridized carbons (Fsp3) is 0.333. The van der Waals surface area contributed by atoms with Crippen LogP contribution in [-0.2, 0) is 4.79 Å². The lowest BCUT2D eigenvalue weighted by Crippen LogP contribution is -2.19. The van der Waals surface area contributed by atoms with Gasteiger partial charge in [-0.15, -0.1) is 0 Å². The monoisotopic (exact) mass is 302 g/mol. The van der Waals surface area contributed by atoms with E-state index in [1.165, 1.54) is 18.3 Å². The highest BCUT2D eigenvalue weighted by Gasteiger charge is 2.14. The summed E-state index contributed by atoms with van der Waals surface area (Å²) in [5.74, 6) is -1.28. The number of rotatable bonds is 5. The largest absolute Gasteiger partial charge is 0.477 e. The normalized spacial score (nSPS) is 12.0. The molecule has 0 aromatic carbocycles. The van der Waals surface area contributed by atoms with Crippen LogP contribution in [0.5, 0.6) is 0 Å². The summed E-state index contributed by atoms with van der Waals surface area (Å²) < 4.78 is 1.82. The maximum absolute atomic E-state index is 12.0. The number of carbonyl (C=O) groups excluding carboxylic acids is 1. The van der Waals surface area contributed by atoms with Gasteiger partial charge in [0.05, 0.1) is 23.6 Å². The van der Waals surface area contributed by atoms with Crippen LogP contribution in [0.2, 0.25) is 0 Å². The summed E-state index contributed by atoms with van der Waals surface area (Å²) in [5.41, 5.74) is 2.33. The van der Waals surface area contributed by atoms with Crippen molar-refractivity contribution < 1.29 is 14.7 Å². The molecule has 0 radical (unpaired) electrons. The summed E-state index contributed by atoms with van der Waals surface area (Å²) >= 11 is 0. The average Bonchev–Trinajstić information content (AvgIpc) is 2.78. The number of aromatic carboxylic acids is 1. The van der Waals surface area contributed by atoms with Gasteiger partial charge < -0.3 is 10.4 Å². The van der Waals surface area contributed by atoms with E-state index in [0.29, 0.717) is 5.69 Å². The highest BCUT2D eigenvalue weighted by molar-refractivity contribution is 5.91. The van der Waals surface area contributed by atoms with Gasteiger partial charge in [-0.25, -0.2) is 9.78 Å². The first-order chi connectivity index (χ1) is 10.4. The first-order valence-corrected chi connectivity index (χ1v) is 6.88. The summed E-state index contributed by atoms with van der Waals surface area (Å²) in [7, 11) is 0. The summed E-state index contributed by atoms with van der Waals surface area (Å²) in [6.07, 6.45) is 1.60. The van der Waals surface area contributed by atoms with Crippen LogP contribution < -0.4 is 5.32 Å². The molecule has 2 aromatic rings. The highest BCUT2D eigenvalue weighted by Crippen LogP contribution is 2.15. The van der Waals surface area contributed by atoms with Crippen molar-refractivity contribution in [2.45, 2.75) is 33.2 Å². The Labute approximate surface area is 128 Å². The van der Waals surface area contributed by atoms with Crippen molar-refractivity contribution in [3.8, 4) is 0 Å². The van der Waals surface area contributed by atoms with Gasteiger partial charge in [0, 0.05) is 12.1 Å². The summed E-state index contributed by atoms with van der Waals surface area (Å²) in [5, 5.41) is 15.8. The Kier molecular flexibility index (Phi) is 4.55. The Balaban J connectivity index is 1.97. The van der Waals surface area contributed by atoms with Crippen LogP contribution in [0.15, 0.2) is 24.4 Å². The smallest absolute Gasteiger partial charge is 0.354 e. The number of carboxylic acid groups (broad SMARTS) is 1. The van der Waals surface area contributed by atoms with Crippen LogP contribution >= 0.6 is 0 Å². The molecular formula is C15H18N4O3. The van der Waals surface area contributed by atoms with E-state index in [2.05, 4.69) is 15.4 Å². The SMILES string of the molecule is Cc1cc(C)n(C(C)CC(=O)Nc2ccc(C(=O)O)nc2)n1. The van der Waals surface area contributed by atoms with E-state index in [-0.39, 0.29) is 24.1 Å². The fourth-order valence-corrected chi connectivity index (χ4v) is 2.25. The van der Waals surface area contributed by atoms with E-state index in [1.54, 1.807) is 0 Å². The van der Waals surface area contributed by atoms with Crippen molar-refractivity contribution in [3.63, 3.8) is 0 Å². The number of aryl methyl sites for hydroxylation is 2. The van der Waals surface area contributed by atoms with E-state index in [0.717, 1.165) is 11.4 Å². The molecule has 0 aliphatic rings. The van der Waals surface area contributed by atoms with E-state index in [4.69, 9.17) is 5.11 Å². The molecule has 116 valence electrons. The molecular weight excluding hydrogens is 284 g/mol. The Hall–Kier alpha value is -2.70. The third kappa shape index (κ3) is 3.69. The van der Waals surface area contributed by atoms with Crippen LogP contribution in [0, 0.1) is 13.8 Å². The molecule has 22 heavy (non-hydrogen) atoms. The molecule has 1 atom stereocenters. The summed E-state index contributed by atoms with van der Waals surface area (Å²) in [6.45, 7) is 5.78. The molecule has 0 spiro atoms. The van der Waals surface area contributed by atoms with Gasteiger partial charge in [0.25, 0.3) is 0 Å². The molecule has 1 amide bonds. The first-order valence-electron chi connectivity index (χ1n) is 6.88. The van der Waals surface area contributed by atoms with Gasteiger partial charge in [0.15, 0.2) is 0 Å². The maximum atomic E-state index is 12.0. The molecule has 0 aliphatic carbocycles. The van der Waals surface area contributed by atoms with Gasteiger partial charge in [-0.1, -0.05) is 0 Å². The number of anilines is 1. The quantitative estimate of drug-likeness (QED) is 0.882. The lowest BCUT2D eigenvalue weighted by molar-refractivity contribution is -0.116. The Morgan fingerprint density at radius 1 is 1.36 bits per heavy atom. The molecule has 2 N–H and O–H groups in total. The van der Waals surface area contributed by atoms with E-state index in [1.807, 2.05) is 31.5 Å². The minimum atomic E-state index is -1.10. The number of aromatic nitrogens is 3. The van der Waals surface area contributed by atoms with Crippen molar-refractivity contribution in [1.29, 1.82) is 0 Å². The molecule has 0 fully saturated rings. The topological polar surface area (TPSA) is 97.1 Å². The zero-order valence-corrected chi connectivity index (χ0v) is 12.7. The van der Waals surface area contributed by atoms with Gasteiger partial charge >= 0.3 is 5.97 Å². The van der Waals surface area contributed by atoms with Crippen LogP contribution in [0.25, 0.3) is 0 Å². The van der Waals surface area contributed by atoms with Crippen molar-refractivity contribution in [3.05, 3.63) is 41.5 Å². The molecule has 0 saturated carbocycles. The molecule has 2 rings (SSSR count). The van der Waals surface area contributed by atoms with Crippen molar-refractivity contribution in [2.24, 2.45) is 0 Å². The lowest BCUT2D eigenvalue weighted by atomic mass is 10.2. The standard InChI is InChI=1S/C15H18N4O3/c1-9-6-10(2)19(18-9)11(3)7-14(20)17-12-4-5-13(15(21)22)16-8-12/h4-6,8,11H,7H2,1-3H3,(H,17,20)(H,21,22). The molecule has 0 aliphatic heterocycles. The van der Waals surface area contributed by atoms with Crippen LogP contribution in [-0.4, -0.2) is 31.7 Å². The van der Waals surface area contributed by atoms with Gasteiger partial charge in [0.2, 0.25) is 5.91 Å². The lowest BCUT2D eigenvalue weighted by Gasteiger charge is -2.14. The van der Waals surface area contributed by atoms with Gasteiger partial charge in [-0.2, -0.15) is 5.10 Å². The number of hydrogen-bond donors (Lipinski definition) is 2. The van der Waals surface area contributed by atoms with Crippen molar-refractivity contribution in [1.82, 2.24) is 14.8 Å². The molecule has 7 nitrogen and oxygen atoms in total. The fourth-order valence-electron chi connectivity index (χ4n) is 2.25. The zero-order valence-electron chi connectivity index (χ0n) is 12.7. The number of amides is 1. The summed E-state index contributed by atoms with van der Waals surface area (Å²) in [4.78, 5) is 26.5. The average molecular weight is 302 g/mol. The van der Waals surface area contributed by atoms with Crippen molar-refractivity contribution in [2.75, 3.05) is 5.32 Å². The second-order valence-electron chi connectivity index (χ2n) is 5.21. The number of hydrogen-bond acceptors (Lipinski definition) is 4. The van der Waals surface area contributed by atoms with Crippen LogP contribution in [0.3, 0.4) is 0 Å². The van der Waals surface area contributed by atoms with Crippen LogP contribution in [0.1, 0.15) is 41.3 Å². The second-order valence-corrected chi connectivity index (χ2v) is 5.21. The highest BCUT2D eigenvalue weighted by atomic mass is 16.4. The number of pyridine rings is 1. The molecule has 1 unspecified atom stereocenters. The van der Waals surface area contributed by atoms with Gasteiger partial charge in [-0.3, -0.25) is 9.48 Å². The maximum Gasteiger partial charge on any atom is 0.354 e. The third-order valence-corrected chi connectivity index (χ3v) is 3.21. The minimum Gasteiger partial charge on any atom is -0.477 e. The minimum absolute atomic E-state index is 0.0611. The molecule has 7 heteroatoms. The second kappa shape index (κ2) is 6.38. The Bertz CT molecular complexity index is 691. The predicted molar refractivity (Wildman–Crippen MR) is 80.9 cm³/mol. The number of nitrogens with zero attached hydrogens (tertiary/aromatic N) is 3. The molecule has 2 heterocycles. The first kappa shape index (κ1) is 15.7. The van der Waals surface area contributed by atoms with Gasteiger partial charge in [-0.05, 0) is 39.0 Å². The molecule has 0 saturated heterocycles. The van der Waals surface area contributed by atoms with E-state index < -0.39 is 5.97 Å². The zero-order chi connectivity index (χ0) is 16.3. The van der Waals surface area contributed by atoms with E-state index in [9.17, 15) is 9.59 Å². The third-order valence-electron chi connectivity index (χ3n) is 3.21.